The Morgan fingerprint density at radius 3 is 0.870 bits per heavy atom. The Hall–Kier alpha value is -5.20. The summed E-state index contributed by atoms with van der Waals surface area (Å²) in [7, 11) is 0. The van der Waals surface area contributed by atoms with Crippen LogP contribution in [0.2, 0.25) is 0 Å². The molecule has 276 valence electrons. The van der Waals surface area contributed by atoms with E-state index in [1.54, 1.807) is 0 Å². The van der Waals surface area contributed by atoms with Crippen LogP contribution in [0.25, 0.3) is 46.6 Å². The van der Waals surface area contributed by atoms with Gasteiger partial charge in [-0.1, -0.05) is 223 Å². The molecule has 2 aliphatic carbocycles. The van der Waals surface area contributed by atoms with Gasteiger partial charge in [0.25, 0.3) is 0 Å². The minimum absolute atomic E-state index is 0.0217. The monoisotopic (exact) mass is 708 g/mol. The fourth-order valence-electron chi connectivity index (χ4n) is 7.69. The van der Waals surface area contributed by atoms with E-state index in [9.17, 15) is 0 Å². The van der Waals surface area contributed by atoms with Gasteiger partial charge in [0.2, 0.25) is 0 Å². The van der Waals surface area contributed by atoms with Crippen LogP contribution in [0.1, 0.15) is 122 Å². The van der Waals surface area contributed by atoms with Crippen molar-refractivity contribution in [3.8, 4) is 22.3 Å². The number of rotatable bonds is 4. The molecule has 0 atom stereocenters. The summed E-state index contributed by atoms with van der Waals surface area (Å²) in [6.07, 6.45) is 8.84. The summed E-state index contributed by atoms with van der Waals surface area (Å²) in [5, 5.41) is 0. The van der Waals surface area contributed by atoms with Gasteiger partial charge in [-0.15, -0.1) is 0 Å². The van der Waals surface area contributed by atoms with Crippen molar-refractivity contribution in [2.75, 3.05) is 0 Å². The number of fused-ring (bicyclic) bond motifs is 6. The van der Waals surface area contributed by atoms with E-state index in [0.717, 1.165) is 0 Å². The summed E-state index contributed by atoms with van der Waals surface area (Å²) in [6.45, 7) is 25.9. The second-order valence-electron chi connectivity index (χ2n) is 15.4. The molecule has 0 saturated carbocycles. The van der Waals surface area contributed by atoms with Gasteiger partial charge in [0.15, 0.2) is 0 Å². The maximum Gasteiger partial charge on any atom is 0.0159 e. The fourth-order valence-corrected chi connectivity index (χ4v) is 7.69. The number of hydrogen-bond acceptors (Lipinski definition) is 0. The Balaban J connectivity index is 0.000000224. The van der Waals surface area contributed by atoms with Gasteiger partial charge in [-0.3, -0.25) is 0 Å². The highest BCUT2D eigenvalue weighted by Gasteiger charge is 2.36. The summed E-state index contributed by atoms with van der Waals surface area (Å²) in [6, 6.07) is 44.7. The summed E-state index contributed by atoms with van der Waals surface area (Å²) < 4.78 is 0. The van der Waals surface area contributed by atoms with Crippen molar-refractivity contribution in [1.29, 1.82) is 0 Å². The molecule has 54 heavy (non-hydrogen) atoms. The van der Waals surface area contributed by atoms with E-state index in [2.05, 4.69) is 201 Å². The summed E-state index contributed by atoms with van der Waals surface area (Å²) >= 11 is 0. The lowest BCUT2D eigenvalue weighted by Gasteiger charge is -2.22. The van der Waals surface area contributed by atoms with E-state index < -0.39 is 0 Å². The summed E-state index contributed by atoms with van der Waals surface area (Å²) in [5.74, 6) is 0. The van der Waals surface area contributed by atoms with E-state index in [4.69, 9.17) is 0 Å². The highest BCUT2D eigenvalue weighted by atomic mass is 14.4. The first-order chi connectivity index (χ1) is 25.9. The van der Waals surface area contributed by atoms with Crippen molar-refractivity contribution in [1.82, 2.24) is 0 Å². The summed E-state index contributed by atoms with van der Waals surface area (Å²) in [5.41, 5.74) is 21.6. The molecular weight excluding hydrogens is 649 g/mol. The van der Waals surface area contributed by atoms with Crippen molar-refractivity contribution in [3.05, 3.63) is 188 Å². The van der Waals surface area contributed by atoms with Crippen LogP contribution in [-0.4, -0.2) is 0 Å². The quantitative estimate of drug-likeness (QED) is 0.160. The molecule has 0 saturated heterocycles. The molecule has 0 radical (unpaired) electrons. The molecule has 0 nitrogen and oxygen atoms in total. The van der Waals surface area contributed by atoms with E-state index in [0.29, 0.717) is 0 Å². The smallest absolute Gasteiger partial charge is 0.0159 e. The topological polar surface area (TPSA) is 0 Å². The first kappa shape index (κ1) is 40.0. The predicted octanol–water partition coefficient (Wildman–Crippen LogP) is 15.6. The molecule has 0 amide bonds. The highest BCUT2D eigenvalue weighted by molar-refractivity contribution is 5.85. The third-order valence-electron chi connectivity index (χ3n) is 10.8. The molecule has 6 aromatic rings. The van der Waals surface area contributed by atoms with E-state index in [1.165, 1.54) is 89.0 Å². The molecule has 0 bridgehead atoms. The van der Waals surface area contributed by atoms with E-state index >= 15 is 0 Å². The maximum atomic E-state index is 2.36. The van der Waals surface area contributed by atoms with Crippen LogP contribution in [0.3, 0.4) is 0 Å². The Bertz CT molecular complexity index is 2110. The first-order valence-corrected chi connectivity index (χ1v) is 19.9. The Morgan fingerprint density at radius 1 is 0.296 bits per heavy atom. The van der Waals surface area contributed by atoms with Gasteiger partial charge in [-0.2, -0.15) is 0 Å². The third kappa shape index (κ3) is 8.29. The average molecular weight is 709 g/mol. The number of aryl methyl sites for hydroxylation is 4. The molecule has 0 aliphatic heterocycles. The molecule has 0 heteroatoms. The van der Waals surface area contributed by atoms with Gasteiger partial charge in [-0.25, -0.2) is 0 Å². The first-order valence-electron chi connectivity index (χ1n) is 19.9. The second-order valence-corrected chi connectivity index (χ2v) is 15.4. The number of benzene rings is 6. The molecule has 0 N–H and O–H groups in total. The molecule has 0 fully saturated rings. The molecule has 0 heterocycles. The van der Waals surface area contributed by atoms with Crippen LogP contribution in [-0.2, 0) is 10.8 Å². The van der Waals surface area contributed by atoms with Crippen molar-refractivity contribution in [3.63, 3.8) is 0 Å². The fraction of sp³-hybridized carbons (Fsp3) is 0.259. The Morgan fingerprint density at radius 2 is 0.537 bits per heavy atom. The zero-order chi connectivity index (χ0) is 39.2. The van der Waals surface area contributed by atoms with Crippen LogP contribution in [0.5, 0.6) is 0 Å². The Kier molecular flexibility index (Phi) is 12.5. The van der Waals surface area contributed by atoms with Crippen molar-refractivity contribution >= 4 is 24.3 Å². The Labute approximate surface area is 327 Å². The summed E-state index contributed by atoms with van der Waals surface area (Å²) in [4.78, 5) is 0. The van der Waals surface area contributed by atoms with E-state index in [-0.39, 0.29) is 10.8 Å². The van der Waals surface area contributed by atoms with Crippen LogP contribution >= 0.6 is 0 Å². The van der Waals surface area contributed by atoms with Gasteiger partial charge in [0.05, 0.1) is 0 Å². The minimum atomic E-state index is -0.0217. The van der Waals surface area contributed by atoms with Crippen molar-refractivity contribution < 1.29 is 0 Å². The van der Waals surface area contributed by atoms with Crippen LogP contribution < -0.4 is 0 Å². The largest absolute Gasteiger partial charge is 0.0683 e. The third-order valence-corrected chi connectivity index (χ3v) is 10.8. The zero-order valence-electron chi connectivity index (χ0n) is 34.9. The molecule has 0 unspecified atom stereocenters. The maximum absolute atomic E-state index is 2.36. The molecule has 6 aromatic carbocycles. The second kappa shape index (κ2) is 16.9. The molecule has 0 spiro atoms. The molecule has 8 rings (SSSR count). The highest BCUT2D eigenvalue weighted by Crippen LogP contribution is 2.50. The minimum Gasteiger partial charge on any atom is -0.0683 e. The molecular formula is C54H60. The zero-order valence-corrected chi connectivity index (χ0v) is 34.9. The number of hydrogen-bond donors (Lipinski definition) is 0. The lowest BCUT2D eigenvalue weighted by molar-refractivity contribution is 0.659. The van der Waals surface area contributed by atoms with Gasteiger partial charge >= 0.3 is 0 Å². The lowest BCUT2D eigenvalue weighted by atomic mass is 9.81. The lowest BCUT2D eigenvalue weighted by Crippen LogP contribution is -2.15. The van der Waals surface area contributed by atoms with Crippen molar-refractivity contribution in [2.45, 2.75) is 93.9 Å². The predicted molar refractivity (Wildman–Crippen MR) is 240 cm³/mol. The van der Waals surface area contributed by atoms with Gasteiger partial charge < -0.3 is 0 Å². The SMILES string of the molecule is CC.CC.Cc1ccc(/C=C/c2ccc3c(c2)C(C)(C)c2cc(/C=C/c4ccc(C)cc4)ccc2-3)cc1.Cc1ccc2c(c1)C(C)(C)c1cc(C)ccc1-2. The molecule has 0 aromatic heterocycles. The van der Waals surface area contributed by atoms with Crippen LogP contribution in [0.15, 0.2) is 121 Å². The van der Waals surface area contributed by atoms with Crippen LogP contribution in [0, 0.1) is 27.7 Å². The van der Waals surface area contributed by atoms with E-state index in [1.807, 2.05) is 27.7 Å². The average Bonchev–Trinajstić information content (AvgIpc) is 3.54. The van der Waals surface area contributed by atoms with Crippen molar-refractivity contribution in [2.24, 2.45) is 0 Å². The molecule has 2 aliphatic rings. The standard InChI is InChI=1S/C33H30.C17H18.2C2H6/c1-23-5-9-25(10-6-23)13-15-27-17-19-29-30-20-18-28(16-14-26-11-7-24(2)8-12-26)22-32(30)33(3,4)31(29)21-27;1-11-5-7-13-14-8-6-12(2)10-16(14)17(3,4)15(13)9-11;2*1-2/h5-22H,1-4H3;5-10H,1-4H3;2*1-2H3/b15-13+,16-14+;;;. The van der Waals surface area contributed by atoms with Gasteiger partial charge in [0, 0.05) is 10.8 Å². The van der Waals surface area contributed by atoms with Crippen LogP contribution in [0.4, 0.5) is 0 Å². The normalized spacial score (nSPS) is 13.7. The van der Waals surface area contributed by atoms with Gasteiger partial charge in [0.1, 0.15) is 0 Å². The van der Waals surface area contributed by atoms with Gasteiger partial charge in [-0.05, 0) is 94.5 Å².